The molecule has 0 aromatic carbocycles. The highest BCUT2D eigenvalue weighted by Crippen LogP contribution is 2.46. The molecule has 3 rings (SSSR count). The average Bonchev–Trinajstić information content (AvgIpc) is 2.85. The summed E-state index contributed by atoms with van der Waals surface area (Å²) in [5.41, 5.74) is 1.74. The quantitative estimate of drug-likeness (QED) is 0.875. The van der Waals surface area contributed by atoms with E-state index in [1.807, 2.05) is 13.0 Å². The molecular formula is C16H25N3. The van der Waals surface area contributed by atoms with E-state index in [1.165, 1.54) is 45.1 Å². The summed E-state index contributed by atoms with van der Waals surface area (Å²) in [5, 5.41) is 7.15. The van der Waals surface area contributed by atoms with Gasteiger partial charge in [-0.05, 0) is 56.7 Å². The van der Waals surface area contributed by atoms with E-state index in [9.17, 15) is 0 Å². The minimum atomic E-state index is 0.606. The Hall–Kier alpha value is -1.09. The number of rotatable bonds is 3. The fourth-order valence-electron chi connectivity index (χ4n) is 3.83. The first-order chi connectivity index (χ1) is 9.26. The van der Waals surface area contributed by atoms with E-state index in [-0.39, 0.29) is 0 Å². The molecule has 19 heavy (non-hydrogen) atoms. The van der Waals surface area contributed by atoms with Crippen LogP contribution in [0.3, 0.4) is 0 Å². The van der Waals surface area contributed by atoms with Gasteiger partial charge in [-0.2, -0.15) is 0 Å². The van der Waals surface area contributed by atoms with Crippen molar-refractivity contribution in [3.63, 3.8) is 0 Å². The monoisotopic (exact) mass is 259 g/mol. The molecule has 1 spiro atoms. The molecule has 3 nitrogen and oxygen atoms in total. The molecule has 1 saturated heterocycles. The molecule has 0 bridgehead atoms. The van der Waals surface area contributed by atoms with Crippen molar-refractivity contribution in [2.75, 3.05) is 18.4 Å². The summed E-state index contributed by atoms with van der Waals surface area (Å²) in [6, 6.07) is 6.77. The van der Waals surface area contributed by atoms with Crippen LogP contribution in [0.4, 0.5) is 5.82 Å². The predicted molar refractivity (Wildman–Crippen MR) is 79.4 cm³/mol. The van der Waals surface area contributed by atoms with E-state index in [1.54, 1.807) is 0 Å². The summed E-state index contributed by atoms with van der Waals surface area (Å²) in [6.07, 6.45) is 8.51. The molecule has 0 radical (unpaired) electrons. The van der Waals surface area contributed by atoms with Gasteiger partial charge in [0.1, 0.15) is 5.82 Å². The van der Waals surface area contributed by atoms with E-state index < -0.39 is 0 Å². The van der Waals surface area contributed by atoms with Crippen molar-refractivity contribution < 1.29 is 0 Å². The third kappa shape index (κ3) is 3.08. The Morgan fingerprint density at radius 2 is 2.16 bits per heavy atom. The lowest BCUT2D eigenvalue weighted by Crippen LogP contribution is -2.46. The summed E-state index contributed by atoms with van der Waals surface area (Å²) >= 11 is 0. The van der Waals surface area contributed by atoms with Gasteiger partial charge < -0.3 is 10.6 Å². The van der Waals surface area contributed by atoms with Crippen molar-refractivity contribution in [1.82, 2.24) is 10.3 Å². The van der Waals surface area contributed by atoms with Crippen LogP contribution in [0.25, 0.3) is 0 Å². The van der Waals surface area contributed by atoms with E-state index in [0.717, 1.165) is 18.1 Å². The Bertz CT molecular complexity index is 424. The number of hydrogen-bond acceptors (Lipinski definition) is 3. The van der Waals surface area contributed by atoms with E-state index in [2.05, 4.69) is 27.8 Å². The summed E-state index contributed by atoms with van der Waals surface area (Å²) < 4.78 is 0. The van der Waals surface area contributed by atoms with Gasteiger partial charge in [0.15, 0.2) is 0 Å². The van der Waals surface area contributed by atoms with Crippen molar-refractivity contribution in [1.29, 1.82) is 0 Å². The molecule has 2 heterocycles. The lowest BCUT2D eigenvalue weighted by atomic mass is 9.75. The fraction of sp³-hybridized carbons (Fsp3) is 0.688. The number of hydrogen-bond donors (Lipinski definition) is 2. The normalized spacial score (nSPS) is 25.6. The van der Waals surface area contributed by atoms with Crippen LogP contribution in [-0.2, 0) is 0 Å². The first-order valence-corrected chi connectivity index (χ1v) is 7.67. The minimum Gasteiger partial charge on any atom is -0.369 e. The Kier molecular flexibility index (Phi) is 3.74. The maximum atomic E-state index is 4.51. The Balaban J connectivity index is 1.55. The van der Waals surface area contributed by atoms with Crippen LogP contribution >= 0.6 is 0 Å². The molecule has 2 N–H and O–H groups in total. The number of nitrogens with zero attached hydrogens (tertiary/aromatic N) is 1. The van der Waals surface area contributed by atoms with E-state index in [0.29, 0.717) is 11.5 Å². The highest BCUT2D eigenvalue weighted by atomic mass is 15.0. The second-order valence-corrected chi connectivity index (χ2v) is 6.36. The second-order valence-electron chi connectivity index (χ2n) is 6.36. The lowest BCUT2D eigenvalue weighted by molar-refractivity contribution is 0.174. The average molecular weight is 259 g/mol. The molecule has 1 aromatic rings. The van der Waals surface area contributed by atoms with Crippen LogP contribution in [0.2, 0.25) is 0 Å². The number of piperidine rings is 1. The zero-order valence-corrected chi connectivity index (χ0v) is 11.9. The zero-order valence-electron chi connectivity index (χ0n) is 11.9. The van der Waals surface area contributed by atoms with Gasteiger partial charge in [0.25, 0.3) is 0 Å². The summed E-state index contributed by atoms with van der Waals surface area (Å²) in [7, 11) is 0. The zero-order chi connectivity index (χ0) is 13.1. The SMILES string of the molecule is Cc1cccc(NCC2CC3(CCCC3)CCN2)n1. The van der Waals surface area contributed by atoms with Gasteiger partial charge in [-0.25, -0.2) is 4.98 Å². The third-order valence-electron chi connectivity index (χ3n) is 4.85. The van der Waals surface area contributed by atoms with Gasteiger partial charge in [0.05, 0.1) is 0 Å². The van der Waals surface area contributed by atoms with Crippen LogP contribution in [0.5, 0.6) is 0 Å². The minimum absolute atomic E-state index is 0.606. The summed E-state index contributed by atoms with van der Waals surface area (Å²) in [6.45, 7) is 4.23. The van der Waals surface area contributed by atoms with Gasteiger partial charge in [-0.15, -0.1) is 0 Å². The molecule has 1 aliphatic carbocycles. The molecule has 2 fully saturated rings. The van der Waals surface area contributed by atoms with Crippen molar-refractivity contribution >= 4 is 5.82 Å². The Morgan fingerprint density at radius 3 is 2.95 bits per heavy atom. The molecule has 0 amide bonds. The number of nitrogens with one attached hydrogen (secondary N) is 2. The maximum Gasteiger partial charge on any atom is 0.126 e. The smallest absolute Gasteiger partial charge is 0.126 e. The highest BCUT2D eigenvalue weighted by Gasteiger charge is 2.38. The second kappa shape index (κ2) is 5.49. The van der Waals surface area contributed by atoms with Crippen LogP contribution in [0.15, 0.2) is 18.2 Å². The van der Waals surface area contributed by atoms with Gasteiger partial charge in [0, 0.05) is 18.3 Å². The topological polar surface area (TPSA) is 37.0 Å². The van der Waals surface area contributed by atoms with Crippen LogP contribution in [0, 0.1) is 12.3 Å². The molecule has 1 atom stereocenters. The van der Waals surface area contributed by atoms with Crippen molar-refractivity contribution in [2.45, 2.75) is 51.5 Å². The van der Waals surface area contributed by atoms with Crippen molar-refractivity contribution in [3.05, 3.63) is 23.9 Å². The van der Waals surface area contributed by atoms with Gasteiger partial charge in [-0.1, -0.05) is 18.9 Å². The van der Waals surface area contributed by atoms with Crippen molar-refractivity contribution in [3.8, 4) is 0 Å². The van der Waals surface area contributed by atoms with Crippen molar-refractivity contribution in [2.24, 2.45) is 5.41 Å². The number of aromatic nitrogens is 1. The largest absolute Gasteiger partial charge is 0.369 e. The van der Waals surface area contributed by atoms with Crippen LogP contribution < -0.4 is 10.6 Å². The molecule has 104 valence electrons. The number of anilines is 1. The molecule has 1 saturated carbocycles. The summed E-state index contributed by atoms with van der Waals surface area (Å²) in [4.78, 5) is 4.51. The van der Waals surface area contributed by atoms with Crippen LogP contribution in [-0.4, -0.2) is 24.1 Å². The van der Waals surface area contributed by atoms with Gasteiger partial charge in [0.2, 0.25) is 0 Å². The molecule has 1 aromatic heterocycles. The number of aryl methyl sites for hydroxylation is 1. The highest BCUT2D eigenvalue weighted by molar-refractivity contribution is 5.35. The predicted octanol–water partition coefficient (Wildman–Crippen LogP) is 3.11. The first-order valence-electron chi connectivity index (χ1n) is 7.67. The Labute approximate surface area is 116 Å². The van der Waals surface area contributed by atoms with E-state index >= 15 is 0 Å². The Morgan fingerprint density at radius 1 is 1.32 bits per heavy atom. The third-order valence-corrected chi connectivity index (χ3v) is 4.85. The number of pyridine rings is 1. The first kappa shape index (κ1) is 12.9. The van der Waals surface area contributed by atoms with Gasteiger partial charge >= 0.3 is 0 Å². The standard InChI is InChI=1S/C16H25N3/c1-13-5-4-6-15(19-13)18-12-14-11-16(9-10-17-14)7-2-3-8-16/h4-6,14,17H,2-3,7-12H2,1H3,(H,18,19). The van der Waals surface area contributed by atoms with E-state index in [4.69, 9.17) is 0 Å². The van der Waals surface area contributed by atoms with Gasteiger partial charge in [-0.3, -0.25) is 0 Å². The molecular weight excluding hydrogens is 234 g/mol. The molecule has 1 aliphatic heterocycles. The van der Waals surface area contributed by atoms with Crippen LogP contribution in [0.1, 0.15) is 44.2 Å². The molecule has 1 unspecified atom stereocenters. The molecule has 3 heteroatoms. The summed E-state index contributed by atoms with van der Waals surface area (Å²) in [5.74, 6) is 1.01. The lowest BCUT2D eigenvalue weighted by Gasteiger charge is -2.39. The fourth-order valence-corrected chi connectivity index (χ4v) is 3.83. The molecule has 2 aliphatic rings. The maximum absolute atomic E-state index is 4.51.